The highest BCUT2D eigenvalue weighted by atomic mass is 35.5. The summed E-state index contributed by atoms with van der Waals surface area (Å²) in [5.41, 5.74) is 1.62. The standard InChI is InChI=1S/C16H20N2O2S.ClH/c1-17-12-7-13-18-21(19,20)16-11-6-5-10-15(16)14-8-3-2-4-9-14;/h2-6,8-11,17-18H,7,12-13H2,1H3;1H. The summed E-state index contributed by atoms with van der Waals surface area (Å²) in [4.78, 5) is 0.320. The topological polar surface area (TPSA) is 58.2 Å². The molecule has 0 aromatic heterocycles. The van der Waals surface area contributed by atoms with Gasteiger partial charge in [-0.2, -0.15) is 0 Å². The molecular weight excluding hydrogens is 320 g/mol. The number of hydrogen-bond acceptors (Lipinski definition) is 3. The molecule has 2 aromatic carbocycles. The molecule has 0 amide bonds. The van der Waals surface area contributed by atoms with E-state index in [9.17, 15) is 8.42 Å². The monoisotopic (exact) mass is 340 g/mol. The first-order valence-corrected chi connectivity index (χ1v) is 8.42. The predicted molar refractivity (Wildman–Crippen MR) is 92.9 cm³/mol. The van der Waals surface area contributed by atoms with E-state index in [4.69, 9.17) is 0 Å². The second kappa shape index (κ2) is 8.90. The van der Waals surface area contributed by atoms with Crippen LogP contribution in [0.15, 0.2) is 59.5 Å². The molecule has 22 heavy (non-hydrogen) atoms. The van der Waals surface area contributed by atoms with Gasteiger partial charge in [0.25, 0.3) is 0 Å². The van der Waals surface area contributed by atoms with Gasteiger partial charge in [0, 0.05) is 12.1 Å². The first-order chi connectivity index (χ1) is 10.1. The lowest BCUT2D eigenvalue weighted by atomic mass is 10.1. The van der Waals surface area contributed by atoms with Crippen molar-refractivity contribution in [3.63, 3.8) is 0 Å². The summed E-state index contributed by atoms with van der Waals surface area (Å²) in [7, 11) is -1.65. The van der Waals surface area contributed by atoms with Gasteiger partial charge in [-0.15, -0.1) is 12.4 Å². The summed E-state index contributed by atoms with van der Waals surface area (Å²) in [5, 5.41) is 3.00. The zero-order chi connectivity index (χ0) is 15.1. The minimum Gasteiger partial charge on any atom is -0.320 e. The van der Waals surface area contributed by atoms with Crippen molar-refractivity contribution in [2.75, 3.05) is 20.1 Å². The van der Waals surface area contributed by atoms with Crippen molar-refractivity contribution in [3.8, 4) is 11.1 Å². The lowest BCUT2D eigenvalue weighted by molar-refractivity contribution is 0.577. The molecule has 0 bridgehead atoms. The maximum atomic E-state index is 12.5. The zero-order valence-electron chi connectivity index (χ0n) is 12.5. The van der Waals surface area contributed by atoms with E-state index in [0.717, 1.165) is 24.1 Å². The van der Waals surface area contributed by atoms with Gasteiger partial charge in [-0.25, -0.2) is 13.1 Å². The summed E-state index contributed by atoms with van der Waals surface area (Å²) in [6, 6.07) is 16.6. The third-order valence-corrected chi connectivity index (χ3v) is 4.68. The molecule has 0 atom stereocenters. The highest BCUT2D eigenvalue weighted by Gasteiger charge is 2.18. The Bertz CT molecular complexity index is 676. The Morgan fingerprint density at radius 2 is 1.55 bits per heavy atom. The highest BCUT2D eigenvalue weighted by molar-refractivity contribution is 7.89. The molecule has 0 radical (unpaired) electrons. The lowest BCUT2D eigenvalue weighted by Crippen LogP contribution is -2.27. The van der Waals surface area contributed by atoms with Crippen LogP contribution in [0.3, 0.4) is 0 Å². The minimum absolute atomic E-state index is 0. The van der Waals surface area contributed by atoms with E-state index in [-0.39, 0.29) is 12.4 Å². The Morgan fingerprint density at radius 3 is 2.23 bits per heavy atom. The van der Waals surface area contributed by atoms with Crippen LogP contribution in [-0.4, -0.2) is 28.6 Å². The third kappa shape index (κ3) is 4.81. The van der Waals surface area contributed by atoms with Crippen LogP contribution in [-0.2, 0) is 10.0 Å². The van der Waals surface area contributed by atoms with Crippen molar-refractivity contribution in [1.29, 1.82) is 0 Å². The minimum atomic E-state index is -3.50. The van der Waals surface area contributed by atoms with Gasteiger partial charge in [-0.05, 0) is 31.6 Å². The molecule has 0 spiro atoms. The van der Waals surface area contributed by atoms with E-state index in [0.29, 0.717) is 11.4 Å². The molecule has 0 saturated heterocycles. The summed E-state index contributed by atoms with van der Waals surface area (Å²) in [6.07, 6.45) is 0.753. The van der Waals surface area contributed by atoms with Crippen molar-refractivity contribution >= 4 is 22.4 Å². The fraction of sp³-hybridized carbons (Fsp3) is 0.250. The molecule has 2 aromatic rings. The van der Waals surface area contributed by atoms with Crippen LogP contribution in [0.2, 0.25) is 0 Å². The van der Waals surface area contributed by atoms with Gasteiger partial charge in [0.2, 0.25) is 10.0 Å². The third-order valence-electron chi connectivity index (χ3n) is 3.16. The fourth-order valence-corrected chi connectivity index (χ4v) is 3.41. The molecule has 4 nitrogen and oxygen atoms in total. The van der Waals surface area contributed by atoms with Crippen molar-refractivity contribution in [2.24, 2.45) is 0 Å². The molecule has 6 heteroatoms. The van der Waals surface area contributed by atoms with Crippen molar-refractivity contribution in [3.05, 3.63) is 54.6 Å². The molecule has 0 aliphatic rings. The SMILES string of the molecule is CNCCCNS(=O)(=O)c1ccccc1-c1ccccc1.Cl. The second-order valence-corrected chi connectivity index (χ2v) is 6.45. The van der Waals surface area contributed by atoms with E-state index in [1.807, 2.05) is 49.5 Å². The molecule has 0 saturated carbocycles. The zero-order valence-corrected chi connectivity index (χ0v) is 14.1. The van der Waals surface area contributed by atoms with Gasteiger partial charge < -0.3 is 5.32 Å². The summed E-state index contributed by atoms with van der Waals surface area (Å²) in [5.74, 6) is 0. The van der Waals surface area contributed by atoms with Gasteiger partial charge in [0.05, 0.1) is 4.90 Å². The summed E-state index contributed by atoms with van der Waals surface area (Å²) in [6.45, 7) is 1.20. The first-order valence-electron chi connectivity index (χ1n) is 6.94. The Hall–Kier alpha value is -1.40. The molecule has 2 N–H and O–H groups in total. The Morgan fingerprint density at radius 1 is 0.909 bits per heavy atom. The number of sulfonamides is 1. The molecule has 0 fully saturated rings. The average molecular weight is 341 g/mol. The van der Waals surface area contributed by atoms with Gasteiger partial charge in [0.15, 0.2) is 0 Å². The van der Waals surface area contributed by atoms with Crippen LogP contribution in [0, 0.1) is 0 Å². The number of nitrogens with one attached hydrogen (secondary N) is 2. The van der Waals surface area contributed by atoms with E-state index < -0.39 is 10.0 Å². The molecule has 0 aliphatic carbocycles. The van der Waals surface area contributed by atoms with E-state index in [1.165, 1.54) is 0 Å². The average Bonchev–Trinajstić information content (AvgIpc) is 2.52. The van der Waals surface area contributed by atoms with Crippen LogP contribution < -0.4 is 10.0 Å². The largest absolute Gasteiger partial charge is 0.320 e. The van der Waals surface area contributed by atoms with E-state index >= 15 is 0 Å². The van der Waals surface area contributed by atoms with Crippen LogP contribution in [0.5, 0.6) is 0 Å². The molecular formula is C16H21ClN2O2S. The number of hydrogen-bond donors (Lipinski definition) is 2. The summed E-state index contributed by atoms with van der Waals surface area (Å²) < 4.78 is 27.6. The number of halogens is 1. The van der Waals surface area contributed by atoms with Gasteiger partial charge in [-0.1, -0.05) is 48.5 Å². The van der Waals surface area contributed by atoms with Crippen LogP contribution in [0.25, 0.3) is 11.1 Å². The normalized spacial score (nSPS) is 11.0. The van der Waals surface area contributed by atoms with Crippen molar-refractivity contribution in [1.82, 2.24) is 10.0 Å². The quantitative estimate of drug-likeness (QED) is 0.762. The molecule has 0 unspecified atom stereocenters. The molecule has 0 aliphatic heterocycles. The fourth-order valence-electron chi connectivity index (χ4n) is 2.11. The predicted octanol–water partition coefficient (Wildman–Crippen LogP) is 2.66. The highest BCUT2D eigenvalue weighted by Crippen LogP contribution is 2.26. The van der Waals surface area contributed by atoms with Crippen LogP contribution >= 0.6 is 12.4 Å². The first kappa shape index (κ1) is 18.6. The smallest absolute Gasteiger partial charge is 0.241 e. The van der Waals surface area contributed by atoms with Gasteiger partial charge in [0.1, 0.15) is 0 Å². The second-order valence-electron chi connectivity index (χ2n) is 4.72. The van der Waals surface area contributed by atoms with Crippen molar-refractivity contribution < 1.29 is 8.42 Å². The lowest BCUT2D eigenvalue weighted by Gasteiger charge is -2.11. The number of benzene rings is 2. The van der Waals surface area contributed by atoms with Crippen LogP contribution in [0.4, 0.5) is 0 Å². The Labute approximate surface area is 138 Å². The molecule has 0 heterocycles. The van der Waals surface area contributed by atoms with Crippen molar-refractivity contribution in [2.45, 2.75) is 11.3 Å². The Balaban J connectivity index is 0.00000242. The van der Waals surface area contributed by atoms with E-state index in [2.05, 4.69) is 10.0 Å². The molecule has 2 rings (SSSR count). The van der Waals surface area contributed by atoms with Gasteiger partial charge in [-0.3, -0.25) is 0 Å². The Kier molecular flexibility index (Phi) is 7.55. The maximum absolute atomic E-state index is 12.5. The molecule has 120 valence electrons. The number of rotatable bonds is 7. The maximum Gasteiger partial charge on any atom is 0.241 e. The summed E-state index contributed by atoms with van der Waals surface area (Å²) >= 11 is 0. The van der Waals surface area contributed by atoms with Gasteiger partial charge >= 0.3 is 0 Å². The van der Waals surface area contributed by atoms with E-state index in [1.54, 1.807) is 12.1 Å². The van der Waals surface area contributed by atoms with Crippen LogP contribution in [0.1, 0.15) is 6.42 Å².